The maximum Gasteiger partial charge on any atom is 0.414 e. The SMILES string of the molecule is O=C(O)C(=O)O.O=C1CCCCN1c1ncccc1CCN1CC(Oc2ccc(F)cc2)C1. The largest absolute Gasteiger partial charge is 0.488 e. The second kappa shape index (κ2) is 11.4. The summed E-state index contributed by atoms with van der Waals surface area (Å²) in [5.74, 6) is -2.19. The van der Waals surface area contributed by atoms with Crippen LogP contribution in [0.15, 0.2) is 42.6 Å². The van der Waals surface area contributed by atoms with Crippen LogP contribution in [0.5, 0.6) is 5.75 Å². The van der Waals surface area contributed by atoms with Gasteiger partial charge in [0.2, 0.25) is 5.91 Å². The van der Waals surface area contributed by atoms with Gasteiger partial charge in [0.25, 0.3) is 0 Å². The van der Waals surface area contributed by atoms with E-state index >= 15 is 0 Å². The van der Waals surface area contributed by atoms with Gasteiger partial charge in [0.1, 0.15) is 23.5 Å². The monoisotopic (exact) mass is 459 g/mol. The Morgan fingerprint density at radius 1 is 1.09 bits per heavy atom. The molecule has 0 unspecified atom stereocenters. The highest BCUT2D eigenvalue weighted by atomic mass is 19.1. The first-order valence-corrected chi connectivity index (χ1v) is 10.7. The van der Waals surface area contributed by atoms with Crippen molar-refractivity contribution in [3.05, 3.63) is 54.0 Å². The van der Waals surface area contributed by atoms with Gasteiger partial charge >= 0.3 is 11.9 Å². The molecule has 10 heteroatoms. The van der Waals surface area contributed by atoms with Crippen LogP contribution in [0.3, 0.4) is 0 Å². The number of piperidine rings is 1. The van der Waals surface area contributed by atoms with E-state index in [4.69, 9.17) is 24.5 Å². The summed E-state index contributed by atoms with van der Waals surface area (Å²) in [6.45, 7) is 3.38. The second-order valence-corrected chi connectivity index (χ2v) is 7.80. The van der Waals surface area contributed by atoms with E-state index in [2.05, 4.69) is 16.0 Å². The van der Waals surface area contributed by atoms with Gasteiger partial charge in [-0.15, -0.1) is 0 Å². The summed E-state index contributed by atoms with van der Waals surface area (Å²) < 4.78 is 18.8. The third-order valence-corrected chi connectivity index (χ3v) is 5.37. The van der Waals surface area contributed by atoms with E-state index in [1.807, 2.05) is 11.0 Å². The lowest BCUT2D eigenvalue weighted by Crippen LogP contribution is -2.54. The van der Waals surface area contributed by atoms with Gasteiger partial charge in [-0.3, -0.25) is 14.6 Å². The standard InChI is InChI=1S/C21H24FN3O2.C2H2O4/c22-17-6-8-18(9-7-17)27-19-14-24(15-19)13-10-16-4-3-11-23-21(16)25-12-2-1-5-20(25)26;3-1(4)2(5)6/h3-4,6-9,11,19H,1-2,5,10,12-15H2;(H,3,4)(H,5,6). The molecular formula is C23H26FN3O6. The number of hydrogen-bond acceptors (Lipinski definition) is 6. The molecule has 2 aliphatic rings. The molecule has 1 aromatic heterocycles. The number of nitrogens with zero attached hydrogens (tertiary/aromatic N) is 3. The second-order valence-electron chi connectivity index (χ2n) is 7.80. The Hall–Kier alpha value is -3.53. The van der Waals surface area contributed by atoms with Gasteiger partial charge in [-0.05, 0) is 55.2 Å². The predicted octanol–water partition coefficient (Wildman–Crippen LogP) is 2.20. The quantitative estimate of drug-likeness (QED) is 0.631. The highest BCUT2D eigenvalue weighted by Crippen LogP contribution is 2.24. The number of aliphatic carboxylic acids is 2. The molecule has 3 heterocycles. The molecule has 1 aromatic carbocycles. The van der Waals surface area contributed by atoms with Crippen molar-refractivity contribution >= 4 is 23.7 Å². The fourth-order valence-corrected chi connectivity index (χ4v) is 3.66. The molecule has 0 atom stereocenters. The van der Waals surface area contributed by atoms with Gasteiger partial charge in [0, 0.05) is 38.8 Å². The third-order valence-electron chi connectivity index (χ3n) is 5.37. The van der Waals surface area contributed by atoms with E-state index in [0.717, 1.165) is 56.8 Å². The Labute approximate surface area is 190 Å². The van der Waals surface area contributed by atoms with E-state index in [1.165, 1.54) is 12.1 Å². The lowest BCUT2D eigenvalue weighted by atomic mass is 10.1. The number of amides is 1. The molecule has 4 rings (SSSR count). The van der Waals surface area contributed by atoms with E-state index in [0.29, 0.717) is 12.2 Å². The van der Waals surface area contributed by atoms with Crippen molar-refractivity contribution in [2.24, 2.45) is 0 Å². The first-order valence-electron chi connectivity index (χ1n) is 10.7. The summed E-state index contributed by atoms with van der Waals surface area (Å²) in [4.78, 5) is 39.1. The smallest absolute Gasteiger partial charge is 0.414 e. The molecule has 2 fully saturated rings. The van der Waals surface area contributed by atoms with Crippen LogP contribution >= 0.6 is 0 Å². The summed E-state index contributed by atoms with van der Waals surface area (Å²) in [6.07, 6.45) is 5.39. The van der Waals surface area contributed by atoms with Crippen LogP contribution < -0.4 is 9.64 Å². The third kappa shape index (κ3) is 6.98. The minimum absolute atomic E-state index is 0.146. The van der Waals surface area contributed by atoms with Gasteiger partial charge in [-0.25, -0.2) is 19.0 Å². The van der Waals surface area contributed by atoms with Crippen LogP contribution in [-0.4, -0.2) is 70.2 Å². The van der Waals surface area contributed by atoms with Crippen LogP contribution in [0.1, 0.15) is 24.8 Å². The molecule has 0 aliphatic carbocycles. The van der Waals surface area contributed by atoms with Crippen molar-refractivity contribution in [1.82, 2.24) is 9.88 Å². The zero-order valence-electron chi connectivity index (χ0n) is 18.0. The maximum absolute atomic E-state index is 12.9. The van der Waals surface area contributed by atoms with Gasteiger partial charge in [0.05, 0.1) is 0 Å². The van der Waals surface area contributed by atoms with Gasteiger partial charge < -0.3 is 14.9 Å². The molecule has 2 N–H and O–H groups in total. The maximum atomic E-state index is 12.9. The molecule has 33 heavy (non-hydrogen) atoms. The molecule has 2 saturated heterocycles. The first-order chi connectivity index (χ1) is 15.8. The number of benzene rings is 1. The molecular weight excluding hydrogens is 433 g/mol. The fraction of sp³-hybridized carbons (Fsp3) is 0.391. The van der Waals surface area contributed by atoms with Crippen molar-refractivity contribution < 1.29 is 33.7 Å². The average Bonchev–Trinajstić information content (AvgIpc) is 2.77. The van der Waals surface area contributed by atoms with Crippen LogP contribution in [-0.2, 0) is 20.8 Å². The normalized spacial score (nSPS) is 16.4. The number of carboxylic acid groups (broad SMARTS) is 2. The number of anilines is 1. The minimum atomic E-state index is -1.82. The van der Waals surface area contributed by atoms with E-state index in [9.17, 15) is 9.18 Å². The molecule has 1 amide bonds. The summed E-state index contributed by atoms with van der Waals surface area (Å²) in [5, 5.41) is 14.8. The topological polar surface area (TPSA) is 120 Å². The summed E-state index contributed by atoms with van der Waals surface area (Å²) in [6, 6.07) is 10.2. The number of carbonyl (C=O) groups excluding carboxylic acids is 1. The number of aromatic nitrogens is 1. The molecule has 0 bridgehead atoms. The van der Waals surface area contributed by atoms with Crippen LogP contribution in [0.4, 0.5) is 10.2 Å². The number of carboxylic acids is 2. The predicted molar refractivity (Wildman–Crippen MR) is 117 cm³/mol. The van der Waals surface area contributed by atoms with E-state index in [-0.39, 0.29) is 17.8 Å². The number of likely N-dealkylation sites (tertiary alicyclic amines) is 1. The number of hydrogen-bond donors (Lipinski definition) is 2. The summed E-state index contributed by atoms with van der Waals surface area (Å²) in [7, 11) is 0. The van der Waals surface area contributed by atoms with Crippen molar-refractivity contribution in [1.29, 1.82) is 0 Å². The summed E-state index contributed by atoms with van der Waals surface area (Å²) in [5.41, 5.74) is 1.12. The highest BCUT2D eigenvalue weighted by Gasteiger charge is 2.29. The molecule has 9 nitrogen and oxygen atoms in total. The molecule has 0 spiro atoms. The number of pyridine rings is 1. The van der Waals surface area contributed by atoms with Gasteiger partial charge in [-0.1, -0.05) is 6.07 Å². The van der Waals surface area contributed by atoms with E-state index < -0.39 is 11.9 Å². The zero-order valence-corrected chi connectivity index (χ0v) is 18.0. The van der Waals surface area contributed by atoms with Crippen LogP contribution in [0.25, 0.3) is 0 Å². The van der Waals surface area contributed by atoms with Crippen molar-refractivity contribution in [3.63, 3.8) is 0 Å². The van der Waals surface area contributed by atoms with Crippen molar-refractivity contribution in [2.45, 2.75) is 31.8 Å². The number of carbonyl (C=O) groups is 3. The van der Waals surface area contributed by atoms with Crippen LogP contribution in [0.2, 0.25) is 0 Å². The Kier molecular flexibility index (Phi) is 8.31. The Morgan fingerprint density at radius 2 is 1.79 bits per heavy atom. The Bertz CT molecular complexity index is 966. The zero-order chi connectivity index (χ0) is 23.8. The molecule has 0 saturated carbocycles. The lowest BCUT2D eigenvalue weighted by Gasteiger charge is -2.39. The average molecular weight is 459 g/mol. The van der Waals surface area contributed by atoms with Crippen molar-refractivity contribution in [3.8, 4) is 5.75 Å². The highest BCUT2D eigenvalue weighted by molar-refractivity contribution is 6.27. The Balaban J connectivity index is 0.000000454. The molecule has 2 aliphatic heterocycles. The van der Waals surface area contributed by atoms with Gasteiger partial charge in [0.15, 0.2) is 0 Å². The number of rotatable bonds is 6. The molecule has 0 radical (unpaired) electrons. The van der Waals surface area contributed by atoms with Gasteiger partial charge in [-0.2, -0.15) is 0 Å². The van der Waals surface area contributed by atoms with E-state index in [1.54, 1.807) is 18.3 Å². The summed E-state index contributed by atoms with van der Waals surface area (Å²) >= 11 is 0. The lowest BCUT2D eigenvalue weighted by molar-refractivity contribution is -0.159. The fourth-order valence-electron chi connectivity index (χ4n) is 3.66. The molecule has 176 valence electrons. The number of ether oxygens (including phenoxy) is 1. The van der Waals surface area contributed by atoms with Crippen LogP contribution in [0, 0.1) is 5.82 Å². The first kappa shape index (κ1) is 24.1. The Morgan fingerprint density at radius 3 is 2.42 bits per heavy atom. The minimum Gasteiger partial charge on any atom is -0.488 e. The number of halogens is 1. The van der Waals surface area contributed by atoms with Crippen molar-refractivity contribution in [2.75, 3.05) is 31.1 Å². The molecule has 2 aromatic rings.